The standard InChI is InChI=1S/C14H21NO.ClH/c1-12-4-2-3-5-14(12)10-15-8-9-16-11-13-6-7-13;/h2-5,13,15H,6-11H2,1H3;1H. The summed E-state index contributed by atoms with van der Waals surface area (Å²) in [4.78, 5) is 0. The average molecular weight is 256 g/mol. The van der Waals surface area contributed by atoms with Gasteiger partial charge in [-0.15, -0.1) is 12.4 Å². The molecule has 0 unspecified atom stereocenters. The van der Waals surface area contributed by atoms with Gasteiger partial charge in [0.25, 0.3) is 0 Å². The van der Waals surface area contributed by atoms with Gasteiger partial charge >= 0.3 is 0 Å². The second-order valence-electron chi connectivity index (χ2n) is 4.62. The van der Waals surface area contributed by atoms with Crippen molar-refractivity contribution in [1.29, 1.82) is 0 Å². The Bertz CT molecular complexity index is 326. The molecule has 1 fully saturated rings. The summed E-state index contributed by atoms with van der Waals surface area (Å²) in [6.45, 7) is 5.84. The number of benzene rings is 1. The highest BCUT2D eigenvalue weighted by Gasteiger charge is 2.20. The highest BCUT2D eigenvalue weighted by atomic mass is 35.5. The summed E-state index contributed by atoms with van der Waals surface area (Å²) in [5, 5.41) is 3.41. The Morgan fingerprint density at radius 1 is 1.29 bits per heavy atom. The summed E-state index contributed by atoms with van der Waals surface area (Å²) in [7, 11) is 0. The molecule has 2 nitrogen and oxygen atoms in total. The van der Waals surface area contributed by atoms with Crippen molar-refractivity contribution in [2.75, 3.05) is 19.8 Å². The molecule has 0 atom stereocenters. The third kappa shape index (κ3) is 5.53. The maximum Gasteiger partial charge on any atom is 0.0591 e. The van der Waals surface area contributed by atoms with Crippen molar-refractivity contribution in [1.82, 2.24) is 5.32 Å². The molecule has 1 aromatic rings. The lowest BCUT2D eigenvalue weighted by atomic mass is 10.1. The minimum atomic E-state index is 0. The molecule has 96 valence electrons. The summed E-state index contributed by atoms with van der Waals surface area (Å²) in [5.41, 5.74) is 2.73. The normalized spacial score (nSPS) is 14.4. The fraction of sp³-hybridized carbons (Fsp3) is 0.571. The summed E-state index contributed by atoms with van der Waals surface area (Å²) in [6, 6.07) is 8.50. The summed E-state index contributed by atoms with van der Waals surface area (Å²) >= 11 is 0. The van der Waals surface area contributed by atoms with Crippen LogP contribution in [-0.2, 0) is 11.3 Å². The maximum absolute atomic E-state index is 5.56. The minimum Gasteiger partial charge on any atom is -0.380 e. The van der Waals surface area contributed by atoms with Crippen LogP contribution in [0.4, 0.5) is 0 Å². The van der Waals surface area contributed by atoms with Gasteiger partial charge in [0.1, 0.15) is 0 Å². The second kappa shape index (κ2) is 7.70. The lowest BCUT2D eigenvalue weighted by Gasteiger charge is -2.07. The monoisotopic (exact) mass is 255 g/mol. The van der Waals surface area contributed by atoms with E-state index in [0.717, 1.165) is 32.2 Å². The smallest absolute Gasteiger partial charge is 0.0591 e. The van der Waals surface area contributed by atoms with Gasteiger partial charge in [-0.05, 0) is 36.8 Å². The highest BCUT2D eigenvalue weighted by molar-refractivity contribution is 5.85. The van der Waals surface area contributed by atoms with Crippen LogP contribution < -0.4 is 5.32 Å². The Morgan fingerprint density at radius 2 is 2.06 bits per heavy atom. The van der Waals surface area contributed by atoms with Gasteiger partial charge in [0.15, 0.2) is 0 Å². The fourth-order valence-corrected chi connectivity index (χ4v) is 1.71. The predicted molar refractivity (Wildman–Crippen MR) is 73.7 cm³/mol. The molecule has 1 aromatic carbocycles. The van der Waals surface area contributed by atoms with Gasteiger partial charge in [-0.3, -0.25) is 0 Å². The lowest BCUT2D eigenvalue weighted by molar-refractivity contribution is 0.126. The van der Waals surface area contributed by atoms with E-state index < -0.39 is 0 Å². The first-order chi connectivity index (χ1) is 7.86. The van der Waals surface area contributed by atoms with Gasteiger partial charge < -0.3 is 10.1 Å². The van der Waals surface area contributed by atoms with E-state index in [1.807, 2.05) is 0 Å². The van der Waals surface area contributed by atoms with Gasteiger partial charge in [-0.2, -0.15) is 0 Å². The van der Waals surface area contributed by atoms with E-state index in [2.05, 4.69) is 36.5 Å². The van der Waals surface area contributed by atoms with E-state index in [0.29, 0.717) is 0 Å². The van der Waals surface area contributed by atoms with E-state index in [-0.39, 0.29) is 12.4 Å². The summed E-state index contributed by atoms with van der Waals surface area (Å²) in [5.74, 6) is 0.872. The maximum atomic E-state index is 5.56. The SMILES string of the molecule is Cc1ccccc1CNCCOCC1CC1.Cl. The molecule has 0 heterocycles. The zero-order valence-electron chi connectivity index (χ0n) is 10.4. The Hall–Kier alpha value is -0.570. The molecular formula is C14H22ClNO. The van der Waals surface area contributed by atoms with Crippen molar-refractivity contribution in [2.24, 2.45) is 5.92 Å². The van der Waals surface area contributed by atoms with Crippen LogP contribution in [-0.4, -0.2) is 19.8 Å². The van der Waals surface area contributed by atoms with Gasteiger partial charge in [0.2, 0.25) is 0 Å². The first-order valence-corrected chi connectivity index (χ1v) is 6.19. The first-order valence-electron chi connectivity index (χ1n) is 6.19. The fourth-order valence-electron chi connectivity index (χ4n) is 1.71. The number of halogens is 1. The average Bonchev–Trinajstić information content (AvgIpc) is 3.09. The number of hydrogen-bond donors (Lipinski definition) is 1. The number of hydrogen-bond acceptors (Lipinski definition) is 2. The Kier molecular flexibility index (Phi) is 6.56. The molecule has 17 heavy (non-hydrogen) atoms. The van der Waals surface area contributed by atoms with Crippen LogP contribution in [0.1, 0.15) is 24.0 Å². The van der Waals surface area contributed by atoms with Crippen LogP contribution in [0, 0.1) is 12.8 Å². The molecule has 0 aromatic heterocycles. The van der Waals surface area contributed by atoms with E-state index >= 15 is 0 Å². The molecule has 1 saturated carbocycles. The molecule has 0 aliphatic heterocycles. The molecule has 1 aliphatic rings. The Balaban J connectivity index is 0.00000144. The van der Waals surface area contributed by atoms with Gasteiger partial charge in [0, 0.05) is 19.7 Å². The van der Waals surface area contributed by atoms with Crippen LogP contribution in [0.3, 0.4) is 0 Å². The minimum absolute atomic E-state index is 0. The van der Waals surface area contributed by atoms with E-state index in [4.69, 9.17) is 4.74 Å². The van der Waals surface area contributed by atoms with Crippen molar-refractivity contribution in [3.05, 3.63) is 35.4 Å². The highest BCUT2D eigenvalue weighted by Crippen LogP contribution is 2.28. The third-order valence-corrected chi connectivity index (χ3v) is 3.05. The van der Waals surface area contributed by atoms with Crippen molar-refractivity contribution in [3.8, 4) is 0 Å². The molecule has 0 amide bonds. The van der Waals surface area contributed by atoms with Gasteiger partial charge in [0.05, 0.1) is 6.61 Å². The lowest BCUT2D eigenvalue weighted by Crippen LogP contribution is -2.20. The summed E-state index contributed by atoms with van der Waals surface area (Å²) < 4.78 is 5.56. The zero-order valence-corrected chi connectivity index (χ0v) is 11.3. The van der Waals surface area contributed by atoms with Crippen LogP contribution in [0.5, 0.6) is 0 Å². The molecule has 3 heteroatoms. The third-order valence-electron chi connectivity index (χ3n) is 3.05. The number of nitrogens with one attached hydrogen (secondary N) is 1. The number of aryl methyl sites for hydroxylation is 1. The predicted octanol–water partition coefficient (Wildman–Crippen LogP) is 2.93. The van der Waals surface area contributed by atoms with Crippen LogP contribution >= 0.6 is 12.4 Å². The Morgan fingerprint density at radius 3 is 2.76 bits per heavy atom. The molecule has 0 spiro atoms. The second-order valence-corrected chi connectivity index (χ2v) is 4.62. The van der Waals surface area contributed by atoms with E-state index in [9.17, 15) is 0 Å². The van der Waals surface area contributed by atoms with Gasteiger partial charge in [-0.1, -0.05) is 24.3 Å². The van der Waals surface area contributed by atoms with Crippen molar-refractivity contribution >= 4 is 12.4 Å². The molecule has 0 saturated heterocycles. The summed E-state index contributed by atoms with van der Waals surface area (Å²) in [6.07, 6.45) is 2.74. The molecule has 2 rings (SSSR count). The molecule has 0 bridgehead atoms. The van der Waals surface area contributed by atoms with Crippen LogP contribution in [0.25, 0.3) is 0 Å². The molecule has 1 aliphatic carbocycles. The van der Waals surface area contributed by atoms with Crippen molar-refractivity contribution in [3.63, 3.8) is 0 Å². The number of rotatable bonds is 7. The quantitative estimate of drug-likeness (QED) is 0.757. The molecule has 1 N–H and O–H groups in total. The van der Waals surface area contributed by atoms with Crippen LogP contribution in [0.2, 0.25) is 0 Å². The zero-order chi connectivity index (χ0) is 11.2. The first kappa shape index (κ1) is 14.5. The topological polar surface area (TPSA) is 21.3 Å². The largest absolute Gasteiger partial charge is 0.380 e. The van der Waals surface area contributed by atoms with Crippen molar-refractivity contribution < 1.29 is 4.74 Å². The van der Waals surface area contributed by atoms with Gasteiger partial charge in [-0.25, -0.2) is 0 Å². The molecular weight excluding hydrogens is 234 g/mol. The molecule has 0 radical (unpaired) electrons. The van der Waals surface area contributed by atoms with Crippen molar-refractivity contribution in [2.45, 2.75) is 26.3 Å². The van der Waals surface area contributed by atoms with E-state index in [1.54, 1.807) is 0 Å². The van der Waals surface area contributed by atoms with Crippen LogP contribution in [0.15, 0.2) is 24.3 Å². The Labute approximate surface area is 110 Å². The number of ether oxygens (including phenoxy) is 1. The van der Waals surface area contributed by atoms with E-state index in [1.165, 1.54) is 24.0 Å².